The molecule has 3 nitrogen and oxygen atoms in total. The van der Waals surface area contributed by atoms with Crippen molar-refractivity contribution in [3.8, 4) is 0 Å². The van der Waals surface area contributed by atoms with E-state index in [9.17, 15) is 9.59 Å². The number of ether oxygens (including phenoxy) is 1. The quantitative estimate of drug-likeness (QED) is 0.590. The number of hydrogen-bond donors (Lipinski definition) is 0. The summed E-state index contributed by atoms with van der Waals surface area (Å²) in [6.07, 6.45) is 2.00. The normalized spacial score (nSPS) is 19.0. The Kier molecular flexibility index (Phi) is 3.38. The van der Waals surface area contributed by atoms with E-state index in [0.717, 1.165) is 11.1 Å². The van der Waals surface area contributed by atoms with Crippen molar-refractivity contribution in [3.63, 3.8) is 0 Å². The summed E-state index contributed by atoms with van der Waals surface area (Å²) >= 11 is 0. The first-order valence-corrected chi connectivity index (χ1v) is 5.69. The molecule has 0 aromatic heterocycles. The van der Waals surface area contributed by atoms with Crippen LogP contribution >= 0.6 is 0 Å². The van der Waals surface area contributed by atoms with Gasteiger partial charge in [0.25, 0.3) is 0 Å². The fourth-order valence-electron chi connectivity index (χ4n) is 1.95. The lowest BCUT2D eigenvalue weighted by Crippen LogP contribution is -2.21. The first-order chi connectivity index (χ1) is 8.22. The van der Waals surface area contributed by atoms with Crippen LogP contribution in [0.2, 0.25) is 0 Å². The summed E-state index contributed by atoms with van der Waals surface area (Å²) in [5.41, 5.74) is 1.90. The minimum absolute atomic E-state index is 0.151. The highest BCUT2D eigenvalue weighted by molar-refractivity contribution is 6.12. The molecular weight excluding hydrogens is 216 g/mol. The number of rotatable bonds is 3. The highest BCUT2D eigenvalue weighted by Crippen LogP contribution is 2.30. The zero-order chi connectivity index (χ0) is 12.3. The summed E-state index contributed by atoms with van der Waals surface area (Å²) in [7, 11) is 0. The van der Waals surface area contributed by atoms with Crippen LogP contribution in [0.25, 0.3) is 5.57 Å². The van der Waals surface area contributed by atoms with Crippen molar-refractivity contribution < 1.29 is 14.3 Å². The number of benzene rings is 1. The van der Waals surface area contributed by atoms with Gasteiger partial charge in [0, 0.05) is 0 Å². The molecule has 1 aromatic rings. The Bertz CT molecular complexity index is 460. The molecule has 1 unspecified atom stereocenters. The van der Waals surface area contributed by atoms with Gasteiger partial charge in [0.2, 0.25) is 0 Å². The van der Waals surface area contributed by atoms with Gasteiger partial charge in [-0.3, -0.25) is 9.59 Å². The third-order valence-electron chi connectivity index (χ3n) is 2.80. The van der Waals surface area contributed by atoms with Gasteiger partial charge >= 0.3 is 5.97 Å². The Morgan fingerprint density at radius 1 is 1.35 bits per heavy atom. The van der Waals surface area contributed by atoms with E-state index in [1.165, 1.54) is 0 Å². The average Bonchev–Trinajstić information content (AvgIpc) is 2.73. The first kappa shape index (κ1) is 11.6. The van der Waals surface area contributed by atoms with Crippen LogP contribution in [0.5, 0.6) is 0 Å². The monoisotopic (exact) mass is 230 g/mol. The molecule has 1 aromatic carbocycles. The number of esters is 1. The second-order valence-corrected chi connectivity index (χ2v) is 3.95. The summed E-state index contributed by atoms with van der Waals surface area (Å²) in [5, 5.41) is 0. The minimum Gasteiger partial charge on any atom is -0.465 e. The summed E-state index contributed by atoms with van der Waals surface area (Å²) < 4.78 is 4.89. The van der Waals surface area contributed by atoms with E-state index in [2.05, 4.69) is 0 Å². The van der Waals surface area contributed by atoms with Crippen molar-refractivity contribution in [1.82, 2.24) is 0 Å². The Balaban J connectivity index is 2.13. The zero-order valence-electron chi connectivity index (χ0n) is 9.68. The van der Waals surface area contributed by atoms with Crippen LogP contribution in [-0.4, -0.2) is 18.4 Å². The highest BCUT2D eigenvalue weighted by atomic mass is 16.5. The van der Waals surface area contributed by atoms with Gasteiger partial charge in [-0.2, -0.15) is 0 Å². The third kappa shape index (κ3) is 2.44. The van der Waals surface area contributed by atoms with Crippen LogP contribution in [0, 0.1) is 5.92 Å². The average molecular weight is 230 g/mol. The lowest BCUT2D eigenvalue weighted by molar-refractivity contribution is -0.149. The van der Waals surface area contributed by atoms with E-state index in [1.54, 1.807) is 13.0 Å². The molecule has 0 saturated heterocycles. The Morgan fingerprint density at radius 3 is 2.71 bits per heavy atom. The van der Waals surface area contributed by atoms with Gasteiger partial charge in [-0.25, -0.2) is 0 Å². The second-order valence-electron chi connectivity index (χ2n) is 3.95. The van der Waals surface area contributed by atoms with Crippen molar-refractivity contribution in [2.45, 2.75) is 13.3 Å². The van der Waals surface area contributed by atoms with Crippen LogP contribution < -0.4 is 0 Å². The Morgan fingerprint density at radius 2 is 2.06 bits per heavy atom. The van der Waals surface area contributed by atoms with Crippen molar-refractivity contribution in [2.24, 2.45) is 5.92 Å². The van der Waals surface area contributed by atoms with Gasteiger partial charge in [-0.1, -0.05) is 30.3 Å². The number of hydrogen-bond acceptors (Lipinski definition) is 3. The minimum atomic E-state index is -0.648. The summed E-state index contributed by atoms with van der Waals surface area (Å²) in [4.78, 5) is 23.3. The largest absolute Gasteiger partial charge is 0.465 e. The third-order valence-corrected chi connectivity index (χ3v) is 2.80. The van der Waals surface area contributed by atoms with Gasteiger partial charge < -0.3 is 4.74 Å². The van der Waals surface area contributed by atoms with E-state index in [4.69, 9.17) is 4.74 Å². The highest BCUT2D eigenvalue weighted by Gasteiger charge is 2.33. The smallest absolute Gasteiger partial charge is 0.317 e. The van der Waals surface area contributed by atoms with Crippen molar-refractivity contribution in [3.05, 3.63) is 42.0 Å². The number of carbonyl (C=O) groups is 2. The number of ketones is 1. The maximum Gasteiger partial charge on any atom is 0.317 e. The molecule has 17 heavy (non-hydrogen) atoms. The van der Waals surface area contributed by atoms with Gasteiger partial charge in [0.1, 0.15) is 5.92 Å². The van der Waals surface area contributed by atoms with Crippen molar-refractivity contribution >= 4 is 17.3 Å². The molecule has 0 bridgehead atoms. The number of carbonyl (C=O) groups excluding carboxylic acids is 2. The van der Waals surface area contributed by atoms with Crippen LogP contribution in [-0.2, 0) is 14.3 Å². The zero-order valence-corrected chi connectivity index (χ0v) is 9.68. The Hall–Kier alpha value is -1.90. The first-order valence-electron chi connectivity index (χ1n) is 5.69. The summed E-state index contributed by atoms with van der Waals surface area (Å²) in [5.74, 6) is -1.22. The molecule has 0 aliphatic heterocycles. The fourth-order valence-corrected chi connectivity index (χ4v) is 1.95. The van der Waals surface area contributed by atoms with Crippen LogP contribution in [0.15, 0.2) is 36.4 Å². The molecule has 1 aliphatic rings. The van der Waals surface area contributed by atoms with Gasteiger partial charge in [0.15, 0.2) is 5.78 Å². The number of allylic oxidation sites excluding steroid dienone is 2. The van der Waals surface area contributed by atoms with Gasteiger partial charge in [0.05, 0.1) is 6.61 Å². The van der Waals surface area contributed by atoms with Gasteiger partial charge in [-0.05, 0) is 30.6 Å². The molecule has 0 amide bonds. The van der Waals surface area contributed by atoms with Crippen LogP contribution in [0.3, 0.4) is 0 Å². The molecule has 2 rings (SSSR count). The van der Waals surface area contributed by atoms with E-state index in [-0.39, 0.29) is 5.78 Å². The van der Waals surface area contributed by atoms with E-state index < -0.39 is 11.9 Å². The van der Waals surface area contributed by atoms with Crippen molar-refractivity contribution in [1.29, 1.82) is 0 Å². The molecule has 1 aliphatic carbocycles. The van der Waals surface area contributed by atoms with E-state index in [0.29, 0.717) is 13.0 Å². The lowest BCUT2D eigenvalue weighted by atomic mass is 10.0. The topological polar surface area (TPSA) is 43.4 Å². The SMILES string of the molecule is CCOC(=O)C1CC(c2ccccc2)=CC1=O. The van der Waals surface area contributed by atoms with Crippen LogP contribution in [0.4, 0.5) is 0 Å². The molecule has 1 atom stereocenters. The van der Waals surface area contributed by atoms with Crippen LogP contribution in [0.1, 0.15) is 18.9 Å². The molecule has 0 fully saturated rings. The predicted octanol–water partition coefficient (Wildman–Crippen LogP) is 2.22. The molecule has 0 heterocycles. The maximum atomic E-state index is 11.7. The molecule has 88 valence electrons. The molecule has 3 heteroatoms. The standard InChI is InChI=1S/C14H14O3/c1-2-17-14(16)12-8-11(9-13(12)15)10-6-4-3-5-7-10/h3-7,9,12H,2,8H2,1H3. The second kappa shape index (κ2) is 4.95. The maximum absolute atomic E-state index is 11.7. The van der Waals surface area contributed by atoms with Crippen molar-refractivity contribution in [2.75, 3.05) is 6.61 Å². The summed E-state index contributed by atoms with van der Waals surface area (Å²) in [6.45, 7) is 2.05. The van der Waals surface area contributed by atoms with E-state index in [1.807, 2.05) is 30.3 Å². The lowest BCUT2D eigenvalue weighted by Gasteiger charge is -2.08. The Labute approximate surface area is 100 Å². The molecule has 0 spiro atoms. The molecule has 0 saturated carbocycles. The summed E-state index contributed by atoms with van der Waals surface area (Å²) in [6, 6.07) is 9.62. The predicted molar refractivity (Wildman–Crippen MR) is 64.2 cm³/mol. The molecular formula is C14H14O3. The van der Waals surface area contributed by atoms with E-state index >= 15 is 0 Å². The fraction of sp³-hybridized carbons (Fsp3) is 0.286. The molecule has 0 radical (unpaired) electrons. The molecule has 0 N–H and O–H groups in total. The van der Waals surface area contributed by atoms with Gasteiger partial charge in [-0.15, -0.1) is 0 Å².